The molecule has 0 rings (SSSR count). The minimum Gasteiger partial charge on any atom is -0.462 e. The molecule has 0 heterocycles. The molecule has 3 N–H and O–H groups in total. The predicted molar refractivity (Wildman–Crippen MR) is 390 cm³/mol. The normalized spacial score (nSPS) is 14.5. The number of rotatable bonds is 73. The largest absolute Gasteiger partial charge is 0.472 e. The highest BCUT2D eigenvalue weighted by Crippen LogP contribution is 2.45. The summed E-state index contributed by atoms with van der Waals surface area (Å²) in [6, 6.07) is 0. The van der Waals surface area contributed by atoms with E-state index in [9.17, 15) is 43.2 Å². The number of hydrogen-bond donors (Lipinski definition) is 3. The van der Waals surface area contributed by atoms with Gasteiger partial charge in [0, 0.05) is 25.7 Å². The van der Waals surface area contributed by atoms with Crippen molar-refractivity contribution < 1.29 is 80.2 Å². The fourth-order valence-electron chi connectivity index (χ4n) is 11.2. The van der Waals surface area contributed by atoms with Crippen molar-refractivity contribution >= 4 is 39.5 Å². The van der Waals surface area contributed by atoms with Crippen molar-refractivity contribution in [1.29, 1.82) is 0 Å². The number of carbonyl (C=O) groups excluding carboxylic acids is 4. The zero-order valence-electron chi connectivity index (χ0n) is 62.3. The molecule has 0 saturated heterocycles. The van der Waals surface area contributed by atoms with E-state index < -0.39 is 97.5 Å². The zero-order chi connectivity index (χ0) is 70.9. The lowest BCUT2D eigenvalue weighted by Crippen LogP contribution is -2.30. The van der Waals surface area contributed by atoms with Crippen LogP contribution in [-0.4, -0.2) is 96.7 Å². The van der Waals surface area contributed by atoms with Crippen LogP contribution in [-0.2, 0) is 65.4 Å². The standard InChI is InChI=1S/C77H146O17P2/c1-8-10-11-12-13-14-15-16-17-22-27-32-37-46-53-60-76(81)93-72(64-87-74(79)58-51-44-36-31-26-21-19-18-20-24-29-34-41-48-55-68(3)4)66-91-95(83,84)89-62-71(78)63-90-96(85,86)92-67-73(65-88-75(80)59-52-45-40-39-43-50-57-70(7)9-2)94-77(82)61-54-47-38-33-28-23-25-30-35-42-49-56-69(5)6/h14-17,68-73,78H,8-13,18-67H2,1-7H3,(H,83,84)(H,85,86)/b15-14-,17-16-/t70?,71-,72-,73-/m1/s1. The number of carbonyl (C=O) groups is 4. The quantitative estimate of drug-likeness (QED) is 0.0169. The van der Waals surface area contributed by atoms with Crippen LogP contribution in [0.5, 0.6) is 0 Å². The lowest BCUT2D eigenvalue weighted by atomic mass is 10.00. The summed E-state index contributed by atoms with van der Waals surface area (Å²) >= 11 is 0. The number of phosphoric acid groups is 2. The van der Waals surface area contributed by atoms with Gasteiger partial charge in [0.15, 0.2) is 12.2 Å². The highest BCUT2D eigenvalue weighted by molar-refractivity contribution is 7.47. The third-order valence-electron chi connectivity index (χ3n) is 17.6. The number of allylic oxidation sites excluding steroid dienone is 4. The summed E-state index contributed by atoms with van der Waals surface area (Å²) in [5.74, 6) is 0.142. The van der Waals surface area contributed by atoms with Gasteiger partial charge in [0.05, 0.1) is 26.4 Å². The summed E-state index contributed by atoms with van der Waals surface area (Å²) in [6.07, 6.45) is 56.3. The van der Waals surface area contributed by atoms with Crippen molar-refractivity contribution in [3.05, 3.63) is 24.3 Å². The molecule has 19 heteroatoms. The van der Waals surface area contributed by atoms with Crippen molar-refractivity contribution in [2.45, 2.75) is 388 Å². The molecule has 0 aliphatic rings. The number of aliphatic hydroxyl groups is 1. The Morgan fingerprint density at radius 1 is 0.344 bits per heavy atom. The number of aliphatic hydroxyl groups excluding tert-OH is 1. The van der Waals surface area contributed by atoms with Gasteiger partial charge < -0.3 is 33.8 Å². The first-order chi connectivity index (χ1) is 46.3. The molecule has 0 aliphatic heterocycles. The number of ether oxygens (including phenoxy) is 4. The highest BCUT2D eigenvalue weighted by Gasteiger charge is 2.30. The second-order valence-corrected chi connectivity index (χ2v) is 31.2. The minimum absolute atomic E-state index is 0.0849. The summed E-state index contributed by atoms with van der Waals surface area (Å²) in [4.78, 5) is 72.8. The van der Waals surface area contributed by atoms with E-state index in [4.69, 9.17) is 37.0 Å². The Balaban J connectivity index is 5.29. The highest BCUT2D eigenvalue weighted by atomic mass is 31.2. The van der Waals surface area contributed by atoms with Crippen LogP contribution < -0.4 is 0 Å². The molecule has 0 aromatic heterocycles. The third-order valence-corrected chi connectivity index (χ3v) is 19.5. The summed E-state index contributed by atoms with van der Waals surface area (Å²) in [5.41, 5.74) is 0. The molecule has 0 bridgehead atoms. The first-order valence-corrected chi connectivity index (χ1v) is 42.2. The second-order valence-electron chi connectivity index (χ2n) is 28.3. The van der Waals surface area contributed by atoms with Crippen molar-refractivity contribution in [2.75, 3.05) is 39.6 Å². The average Bonchev–Trinajstić information content (AvgIpc) is 1.24. The predicted octanol–water partition coefficient (Wildman–Crippen LogP) is 22.1. The van der Waals surface area contributed by atoms with Crippen molar-refractivity contribution in [3.63, 3.8) is 0 Å². The molecule has 0 aromatic rings. The van der Waals surface area contributed by atoms with Crippen LogP contribution in [0.2, 0.25) is 0 Å². The lowest BCUT2D eigenvalue weighted by Gasteiger charge is -2.21. The van der Waals surface area contributed by atoms with Crippen LogP contribution in [0.25, 0.3) is 0 Å². The molecule has 0 radical (unpaired) electrons. The van der Waals surface area contributed by atoms with E-state index in [2.05, 4.69) is 72.8 Å². The van der Waals surface area contributed by atoms with E-state index in [0.717, 1.165) is 127 Å². The SMILES string of the molecule is CCCCCC/C=C\C=C/CCCCCCCC(=O)O[C@H](COC(=O)CCCCCCCCCCCCCCCCC(C)C)COP(=O)(O)OC[C@@H](O)COP(=O)(O)OC[C@@H](COC(=O)CCCCCCCCC(C)CC)OC(=O)CCCCCCCCCCCCCC(C)C. The Morgan fingerprint density at radius 2 is 0.615 bits per heavy atom. The summed E-state index contributed by atoms with van der Waals surface area (Å²) in [5, 5.41) is 10.6. The molecule has 3 unspecified atom stereocenters. The van der Waals surface area contributed by atoms with Crippen LogP contribution in [0, 0.1) is 17.8 Å². The van der Waals surface area contributed by atoms with Gasteiger partial charge in [-0.1, -0.05) is 317 Å². The maximum absolute atomic E-state index is 13.1. The van der Waals surface area contributed by atoms with Gasteiger partial charge in [-0.3, -0.25) is 37.3 Å². The first kappa shape index (κ1) is 93.5. The molecule has 566 valence electrons. The summed E-state index contributed by atoms with van der Waals surface area (Å²) in [7, 11) is -9.93. The number of hydrogen-bond acceptors (Lipinski definition) is 15. The zero-order valence-corrected chi connectivity index (χ0v) is 64.1. The summed E-state index contributed by atoms with van der Waals surface area (Å²) < 4.78 is 68.5. The fourth-order valence-corrected chi connectivity index (χ4v) is 12.8. The topological polar surface area (TPSA) is 237 Å². The van der Waals surface area contributed by atoms with Crippen LogP contribution in [0.4, 0.5) is 0 Å². The minimum atomic E-state index is -4.97. The van der Waals surface area contributed by atoms with Gasteiger partial charge in [-0.25, -0.2) is 9.13 Å². The number of phosphoric ester groups is 2. The van der Waals surface area contributed by atoms with E-state index in [1.165, 1.54) is 161 Å². The molecule has 0 spiro atoms. The average molecular weight is 1410 g/mol. The van der Waals surface area contributed by atoms with Crippen molar-refractivity contribution in [1.82, 2.24) is 0 Å². The molecule has 0 fully saturated rings. The lowest BCUT2D eigenvalue weighted by molar-refractivity contribution is -0.161. The number of esters is 4. The molecule has 96 heavy (non-hydrogen) atoms. The van der Waals surface area contributed by atoms with Crippen LogP contribution in [0.1, 0.15) is 370 Å². The van der Waals surface area contributed by atoms with Crippen LogP contribution >= 0.6 is 15.6 Å². The van der Waals surface area contributed by atoms with Crippen LogP contribution in [0.15, 0.2) is 24.3 Å². The van der Waals surface area contributed by atoms with E-state index in [1.54, 1.807) is 0 Å². The molecular formula is C77H146O17P2. The second kappa shape index (κ2) is 67.1. The Bertz CT molecular complexity index is 1970. The molecule has 0 aromatic carbocycles. The van der Waals surface area contributed by atoms with E-state index >= 15 is 0 Å². The number of unbranched alkanes of at least 4 members (excludes halogenated alkanes) is 37. The third kappa shape index (κ3) is 68.7. The smallest absolute Gasteiger partial charge is 0.462 e. The Kier molecular flexibility index (Phi) is 65.3. The molecular weight excluding hydrogens is 1260 g/mol. The van der Waals surface area contributed by atoms with E-state index in [1.807, 2.05) is 0 Å². The monoisotopic (exact) mass is 1410 g/mol. The van der Waals surface area contributed by atoms with Gasteiger partial charge >= 0.3 is 39.5 Å². The molecule has 6 atom stereocenters. The van der Waals surface area contributed by atoms with E-state index in [-0.39, 0.29) is 25.7 Å². The van der Waals surface area contributed by atoms with Gasteiger partial charge in [-0.05, 0) is 69.1 Å². The maximum Gasteiger partial charge on any atom is 0.472 e. The van der Waals surface area contributed by atoms with Gasteiger partial charge in [0.1, 0.15) is 19.3 Å². The van der Waals surface area contributed by atoms with Crippen molar-refractivity contribution in [3.8, 4) is 0 Å². The first-order valence-electron chi connectivity index (χ1n) is 39.2. The molecule has 0 aliphatic carbocycles. The van der Waals surface area contributed by atoms with E-state index in [0.29, 0.717) is 25.7 Å². The molecule has 17 nitrogen and oxygen atoms in total. The van der Waals surface area contributed by atoms with Gasteiger partial charge in [-0.15, -0.1) is 0 Å². The summed E-state index contributed by atoms with van der Waals surface area (Å²) in [6.45, 7) is 11.8. The maximum atomic E-state index is 13.1. The Hall–Kier alpha value is -2.46. The fraction of sp³-hybridized carbons (Fsp3) is 0.896. The van der Waals surface area contributed by atoms with Gasteiger partial charge in [0.25, 0.3) is 0 Å². The molecule has 0 amide bonds. The molecule has 0 saturated carbocycles. The Morgan fingerprint density at radius 3 is 0.927 bits per heavy atom. The Labute approximate surface area is 586 Å². The van der Waals surface area contributed by atoms with Crippen LogP contribution in [0.3, 0.4) is 0 Å². The van der Waals surface area contributed by atoms with Gasteiger partial charge in [0.2, 0.25) is 0 Å². The van der Waals surface area contributed by atoms with Crippen molar-refractivity contribution in [2.24, 2.45) is 17.8 Å². The van der Waals surface area contributed by atoms with Gasteiger partial charge in [-0.2, -0.15) is 0 Å².